The van der Waals surface area contributed by atoms with E-state index in [0.717, 1.165) is 0 Å². The standard InChI is InChI=1S/C11H14FN3O/c12-7-11(10(14)16-5-4-15-11)8-2-1-3-9(13)6-8/h1-4,6,10H,5,7,13-14H2/t10-,11?/m1/s1. The fourth-order valence-electron chi connectivity index (χ4n) is 1.79. The van der Waals surface area contributed by atoms with E-state index in [4.69, 9.17) is 16.2 Å². The van der Waals surface area contributed by atoms with Crippen molar-refractivity contribution in [1.29, 1.82) is 0 Å². The first kappa shape index (κ1) is 11.0. The molecule has 4 nitrogen and oxygen atoms in total. The maximum absolute atomic E-state index is 13.3. The van der Waals surface area contributed by atoms with Gasteiger partial charge in [-0.1, -0.05) is 12.1 Å². The lowest BCUT2D eigenvalue weighted by Gasteiger charge is -2.35. The minimum atomic E-state index is -1.16. The van der Waals surface area contributed by atoms with Gasteiger partial charge in [0.05, 0.1) is 6.61 Å². The highest BCUT2D eigenvalue weighted by Crippen LogP contribution is 2.32. The van der Waals surface area contributed by atoms with Crippen molar-refractivity contribution in [3.63, 3.8) is 0 Å². The van der Waals surface area contributed by atoms with E-state index in [-0.39, 0.29) is 0 Å². The van der Waals surface area contributed by atoms with Gasteiger partial charge >= 0.3 is 0 Å². The number of rotatable bonds is 2. The molecule has 4 N–H and O–H groups in total. The van der Waals surface area contributed by atoms with Gasteiger partial charge in [-0.2, -0.15) is 0 Å². The highest BCUT2D eigenvalue weighted by molar-refractivity contribution is 5.61. The molecule has 5 heteroatoms. The quantitative estimate of drug-likeness (QED) is 0.729. The Morgan fingerprint density at radius 3 is 3.00 bits per heavy atom. The molecule has 1 aliphatic rings. The summed E-state index contributed by atoms with van der Waals surface area (Å²) < 4.78 is 18.5. The molecule has 0 saturated heterocycles. The van der Waals surface area contributed by atoms with Gasteiger partial charge in [-0.15, -0.1) is 0 Å². The van der Waals surface area contributed by atoms with Crippen molar-refractivity contribution in [2.75, 3.05) is 19.0 Å². The van der Waals surface area contributed by atoms with Crippen LogP contribution in [0.3, 0.4) is 0 Å². The third-order valence-corrected chi connectivity index (χ3v) is 2.73. The molecule has 0 aromatic heterocycles. The third-order valence-electron chi connectivity index (χ3n) is 2.73. The van der Waals surface area contributed by atoms with Gasteiger partial charge < -0.3 is 16.2 Å². The number of ether oxygens (including phenoxy) is 1. The van der Waals surface area contributed by atoms with Crippen LogP contribution in [0.4, 0.5) is 10.1 Å². The van der Waals surface area contributed by atoms with Crippen LogP contribution >= 0.6 is 0 Å². The van der Waals surface area contributed by atoms with Crippen LogP contribution < -0.4 is 11.5 Å². The van der Waals surface area contributed by atoms with Crippen molar-refractivity contribution in [2.45, 2.75) is 11.8 Å². The summed E-state index contributed by atoms with van der Waals surface area (Å²) in [4.78, 5) is 4.17. The van der Waals surface area contributed by atoms with E-state index in [1.54, 1.807) is 24.3 Å². The Kier molecular flexibility index (Phi) is 2.89. The predicted molar refractivity (Wildman–Crippen MR) is 60.9 cm³/mol. The number of nitrogens with zero attached hydrogens (tertiary/aromatic N) is 1. The Morgan fingerprint density at radius 1 is 1.56 bits per heavy atom. The van der Waals surface area contributed by atoms with Crippen molar-refractivity contribution in [3.05, 3.63) is 29.8 Å². The second-order valence-corrected chi connectivity index (χ2v) is 3.75. The molecule has 16 heavy (non-hydrogen) atoms. The number of nitrogen functional groups attached to an aromatic ring is 1. The minimum absolute atomic E-state index is 0.311. The van der Waals surface area contributed by atoms with Gasteiger partial charge in [-0.3, -0.25) is 4.99 Å². The largest absolute Gasteiger partial charge is 0.399 e. The summed E-state index contributed by atoms with van der Waals surface area (Å²) in [6.07, 6.45) is 0.746. The van der Waals surface area contributed by atoms with Gasteiger partial charge in [0.15, 0.2) is 5.54 Å². The summed E-state index contributed by atoms with van der Waals surface area (Å²) in [5.74, 6) is 0. The lowest BCUT2D eigenvalue weighted by atomic mass is 9.89. The number of benzene rings is 1. The van der Waals surface area contributed by atoms with E-state index in [2.05, 4.69) is 4.99 Å². The number of halogens is 1. The molecule has 0 amide bonds. The van der Waals surface area contributed by atoms with Crippen LogP contribution in [0.25, 0.3) is 0 Å². The number of alkyl halides is 1. The van der Waals surface area contributed by atoms with Gasteiger partial charge in [-0.25, -0.2) is 4.39 Å². The lowest BCUT2D eigenvalue weighted by molar-refractivity contribution is 0.00258. The van der Waals surface area contributed by atoms with E-state index < -0.39 is 18.4 Å². The zero-order valence-corrected chi connectivity index (χ0v) is 8.77. The summed E-state index contributed by atoms with van der Waals surface area (Å²) in [5, 5.41) is 0. The van der Waals surface area contributed by atoms with Crippen molar-refractivity contribution in [3.8, 4) is 0 Å². The van der Waals surface area contributed by atoms with Crippen LogP contribution in [-0.4, -0.2) is 25.7 Å². The number of aliphatic imine (C=N–C) groups is 1. The average molecular weight is 223 g/mol. The van der Waals surface area contributed by atoms with E-state index in [1.807, 2.05) is 0 Å². The summed E-state index contributed by atoms with van der Waals surface area (Å²) in [7, 11) is 0. The number of nitrogens with two attached hydrogens (primary N) is 2. The van der Waals surface area contributed by atoms with Crippen LogP contribution in [-0.2, 0) is 10.3 Å². The van der Waals surface area contributed by atoms with Crippen molar-refractivity contribution in [2.24, 2.45) is 10.7 Å². The molecule has 1 aliphatic heterocycles. The highest BCUT2D eigenvalue weighted by atomic mass is 19.1. The SMILES string of the molecule is Nc1cccc(C2(CF)N=CCO[C@H]2N)c1. The summed E-state index contributed by atoms with van der Waals surface area (Å²) in [6, 6.07) is 6.90. The topological polar surface area (TPSA) is 73.6 Å². The van der Waals surface area contributed by atoms with Crippen LogP contribution in [0.2, 0.25) is 0 Å². The zero-order valence-electron chi connectivity index (χ0n) is 8.77. The molecule has 0 spiro atoms. The normalized spacial score (nSPS) is 29.2. The maximum atomic E-state index is 13.3. The van der Waals surface area contributed by atoms with Crippen LogP contribution in [0.15, 0.2) is 29.3 Å². The van der Waals surface area contributed by atoms with Crippen LogP contribution in [0.1, 0.15) is 5.56 Å². The Morgan fingerprint density at radius 2 is 2.38 bits per heavy atom. The fraction of sp³-hybridized carbons (Fsp3) is 0.364. The lowest BCUT2D eigenvalue weighted by Crippen LogP contribution is -2.50. The summed E-state index contributed by atoms with van der Waals surface area (Å²) >= 11 is 0. The molecule has 86 valence electrons. The van der Waals surface area contributed by atoms with E-state index in [0.29, 0.717) is 17.9 Å². The van der Waals surface area contributed by atoms with Gasteiger partial charge in [0.25, 0.3) is 0 Å². The summed E-state index contributed by atoms with van der Waals surface area (Å²) in [6.45, 7) is -0.403. The molecule has 0 saturated carbocycles. The minimum Gasteiger partial charge on any atom is -0.399 e. The first-order valence-electron chi connectivity index (χ1n) is 5.02. The molecular formula is C11H14FN3O. The third kappa shape index (κ3) is 1.68. The van der Waals surface area contributed by atoms with Gasteiger partial charge in [-0.05, 0) is 17.7 Å². The van der Waals surface area contributed by atoms with Crippen molar-refractivity contribution in [1.82, 2.24) is 0 Å². The van der Waals surface area contributed by atoms with Gasteiger partial charge in [0, 0.05) is 11.9 Å². The van der Waals surface area contributed by atoms with Crippen molar-refractivity contribution < 1.29 is 9.13 Å². The van der Waals surface area contributed by atoms with Gasteiger partial charge in [0.1, 0.15) is 12.9 Å². The van der Waals surface area contributed by atoms with Crippen LogP contribution in [0.5, 0.6) is 0 Å². The molecule has 0 fully saturated rings. The smallest absolute Gasteiger partial charge is 0.153 e. The first-order chi connectivity index (χ1) is 7.69. The number of anilines is 1. The summed E-state index contributed by atoms with van der Waals surface area (Å²) in [5.41, 5.74) is 11.5. The predicted octanol–water partition coefficient (Wildman–Crippen LogP) is 0.819. The molecule has 1 aromatic carbocycles. The second kappa shape index (κ2) is 4.19. The molecule has 0 radical (unpaired) electrons. The molecule has 2 atom stereocenters. The molecule has 0 bridgehead atoms. The Labute approximate surface area is 93.1 Å². The Balaban J connectivity index is 2.48. The Hall–Kier alpha value is -1.46. The maximum Gasteiger partial charge on any atom is 0.153 e. The van der Waals surface area contributed by atoms with Crippen LogP contribution in [0, 0.1) is 0 Å². The molecule has 1 heterocycles. The average Bonchev–Trinajstić information content (AvgIpc) is 2.30. The van der Waals surface area contributed by atoms with Crippen molar-refractivity contribution >= 4 is 11.9 Å². The molecule has 1 aromatic rings. The van der Waals surface area contributed by atoms with E-state index in [9.17, 15) is 4.39 Å². The molecular weight excluding hydrogens is 209 g/mol. The first-order valence-corrected chi connectivity index (χ1v) is 5.02. The molecule has 0 aliphatic carbocycles. The highest BCUT2D eigenvalue weighted by Gasteiger charge is 2.41. The molecule has 1 unspecified atom stereocenters. The second-order valence-electron chi connectivity index (χ2n) is 3.75. The number of hydrogen-bond donors (Lipinski definition) is 2. The van der Waals surface area contributed by atoms with E-state index >= 15 is 0 Å². The van der Waals surface area contributed by atoms with E-state index in [1.165, 1.54) is 6.21 Å². The fourth-order valence-corrected chi connectivity index (χ4v) is 1.79. The number of hydrogen-bond acceptors (Lipinski definition) is 4. The monoisotopic (exact) mass is 223 g/mol. The Bertz CT molecular complexity index is 410. The molecule has 2 rings (SSSR count). The van der Waals surface area contributed by atoms with Gasteiger partial charge in [0.2, 0.25) is 0 Å². The zero-order chi connectivity index (χ0) is 11.6.